The van der Waals surface area contributed by atoms with Crippen molar-refractivity contribution < 1.29 is 70.8 Å². The Hall–Kier alpha value is -8.26. The van der Waals surface area contributed by atoms with E-state index in [0.717, 1.165) is 23.3 Å². The molecule has 28 heteroatoms. The Kier molecular flexibility index (Phi) is 20.2. The van der Waals surface area contributed by atoms with Crippen LogP contribution in [0.3, 0.4) is 0 Å². The number of fused-ring (bicyclic) bond motifs is 6. The van der Waals surface area contributed by atoms with Crippen LogP contribution in [0.2, 0.25) is 0 Å². The number of halogens is 3. The number of hydrogen-bond acceptors (Lipinski definition) is 14. The van der Waals surface area contributed by atoms with Crippen molar-refractivity contribution in [2.24, 2.45) is 0 Å². The summed E-state index contributed by atoms with van der Waals surface area (Å²) in [5.41, 5.74) is 5.20. The Morgan fingerprint density at radius 2 is 0.557 bits per heavy atom. The summed E-state index contributed by atoms with van der Waals surface area (Å²) < 4.78 is 165. The smallest absolute Gasteiger partial charge is 0.422 e. The number of aryl methyl sites for hydroxylation is 1. The van der Waals surface area contributed by atoms with Crippen LogP contribution in [0.25, 0.3) is 12.2 Å². The summed E-state index contributed by atoms with van der Waals surface area (Å²) in [4.78, 5) is 0. The summed E-state index contributed by atoms with van der Waals surface area (Å²) in [6, 6.07) is 108. The summed E-state index contributed by atoms with van der Waals surface area (Å²) >= 11 is 0. The SMILES string of the molecule is Cc1ccc(/C=C/[Si]2(c3ccccc3)O[Si]3(c4ccccc4)O[SiH](c4ccccc4)O[Si]4(c5ccccc5)O[Si]5(c6ccccc6)O[Si](/C=C/c6ccc(C(F)(F)F)cc6)(c6ccccc6)O[Si](O[SiH3])(c6ccccc6)O[Si@](c6ccccc6)(O3)O[Si@@](c3ccccc3)(O5)O[Si](c3ccccc3)(O2)O4)cc1. The Morgan fingerprint density at radius 3 is 0.906 bits per heavy atom. The average molecular weight is 1600 g/mol. The molecule has 6 bridgehead atoms. The molecule has 12 aromatic rings. The van der Waals surface area contributed by atoms with Crippen LogP contribution in [-0.2, 0) is 63.8 Å². The van der Waals surface area contributed by atoms with Gasteiger partial charge in [-0.25, -0.2) is 0 Å². The first-order valence-electron chi connectivity index (χ1n) is 34.4. The van der Waals surface area contributed by atoms with Crippen molar-refractivity contribution in [3.05, 3.63) is 386 Å². The topological polar surface area (TPSA) is 129 Å². The highest BCUT2D eigenvalue weighted by molar-refractivity contribution is 7.12. The van der Waals surface area contributed by atoms with E-state index in [1.165, 1.54) is 12.1 Å². The lowest BCUT2D eigenvalue weighted by molar-refractivity contribution is -0.137. The molecular weight excluding hydrogens is 1530 g/mol. The van der Waals surface area contributed by atoms with Gasteiger partial charge in [-0.15, -0.1) is 0 Å². The van der Waals surface area contributed by atoms with Gasteiger partial charge < -0.3 is 57.6 Å². The number of benzene rings is 12. The predicted octanol–water partition coefficient (Wildman–Crippen LogP) is 8.14. The molecule has 12 aromatic carbocycles. The third kappa shape index (κ3) is 14.1. The lowest BCUT2D eigenvalue weighted by Gasteiger charge is -2.58. The van der Waals surface area contributed by atoms with Crippen LogP contribution in [0.15, 0.2) is 363 Å². The van der Waals surface area contributed by atoms with Gasteiger partial charge in [0.1, 0.15) is 10.5 Å². The second-order valence-electron chi connectivity index (χ2n) is 25.5. The monoisotopic (exact) mass is 1590 g/mol. The van der Waals surface area contributed by atoms with E-state index in [1.807, 2.05) is 334 Å². The first kappa shape index (κ1) is 72.0. The van der Waals surface area contributed by atoms with Gasteiger partial charge in [0.15, 0.2) is 0 Å². The van der Waals surface area contributed by atoms with Crippen LogP contribution in [0, 0.1) is 6.92 Å². The zero-order valence-corrected chi connectivity index (χ0v) is 69.4. The van der Waals surface area contributed by atoms with Crippen molar-refractivity contribution in [1.82, 2.24) is 0 Å². The van der Waals surface area contributed by atoms with Crippen LogP contribution < -0.4 is 51.9 Å². The molecule has 4 aliphatic rings. The molecule has 0 aliphatic carbocycles. The fraction of sp³-hybridized carbons (Fsp3) is 0.0256. The van der Waals surface area contributed by atoms with Crippen LogP contribution in [0.5, 0.6) is 0 Å². The van der Waals surface area contributed by atoms with E-state index >= 15 is 0 Å². The van der Waals surface area contributed by atoms with Gasteiger partial charge in [0, 0.05) is 36.3 Å². The van der Waals surface area contributed by atoms with Crippen molar-refractivity contribution >= 4 is 163 Å². The second kappa shape index (κ2) is 29.7. The Bertz CT molecular complexity index is 5040. The highest BCUT2D eigenvalue weighted by Gasteiger charge is 2.80. The molecule has 0 aromatic heterocycles. The number of rotatable bonds is 15. The molecule has 0 spiro atoms. The largest absolute Gasteiger partial charge is 0.515 e. The summed E-state index contributed by atoms with van der Waals surface area (Å²) in [6.07, 6.45) is -0.930. The molecule has 530 valence electrons. The van der Waals surface area contributed by atoms with Gasteiger partial charge in [0.2, 0.25) is 0 Å². The molecule has 0 radical (unpaired) electrons. The van der Waals surface area contributed by atoms with E-state index in [1.54, 1.807) is 11.8 Å². The lowest BCUT2D eigenvalue weighted by atomic mass is 10.1. The fourth-order valence-electron chi connectivity index (χ4n) is 13.2. The highest BCUT2D eigenvalue weighted by atomic mass is 28.6. The third-order valence-electron chi connectivity index (χ3n) is 18.4. The Morgan fingerprint density at radius 1 is 0.292 bits per heavy atom. The van der Waals surface area contributed by atoms with E-state index in [2.05, 4.69) is 12.1 Å². The van der Waals surface area contributed by atoms with Crippen LogP contribution in [0.1, 0.15) is 22.3 Å². The quantitative estimate of drug-likeness (QED) is 0.0917. The maximum atomic E-state index is 14.6. The van der Waals surface area contributed by atoms with Crippen molar-refractivity contribution in [2.75, 3.05) is 0 Å². The predicted molar refractivity (Wildman–Crippen MR) is 426 cm³/mol. The van der Waals surface area contributed by atoms with Crippen LogP contribution in [-0.4, -0.2) is 98.5 Å². The van der Waals surface area contributed by atoms with Gasteiger partial charge in [-0.1, -0.05) is 357 Å². The molecule has 4 aliphatic heterocycles. The van der Waals surface area contributed by atoms with Gasteiger partial charge in [0.05, 0.1) is 5.56 Å². The van der Waals surface area contributed by atoms with E-state index in [4.69, 9.17) is 57.6 Å². The van der Waals surface area contributed by atoms with Crippen molar-refractivity contribution in [3.8, 4) is 0 Å². The minimum Gasteiger partial charge on any atom is -0.422 e. The lowest BCUT2D eigenvalue weighted by Crippen LogP contribution is -2.90. The molecule has 4 heterocycles. The molecule has 106 heavy (non-hydrogen) atoms. The van der Waals surface area contributed by atoms with Crippen molar-refractivity contribution in [1.29, 1.82) is 0 Å². The minimum absolute atomic E-state index is 0.0887. The average Bonchev–Trinajstić information content (AvgIpc) is 0.685. The van der Waals surface area contributed by atoms with Gasteiger partial charge in [-0.05, 0) is 57.1 Å². The summed E-state index contributed by atoms with van der Waals surface area (Å²) in [5.74, 6) is 0. The summed E-state index contributed by atoms with van der Waals surface area (Å²) in [5, 5.41) is 4.54. The van der Waals surface area contributed by atoms with E-state index in [0.29, 0.717) is 57.4 Å². The first-order valence-corrected chi connectivity index (χ1v) is 52.6. The maximum Gasteiger partial charge on any atom is 0.515 e. The normalized spacial score (nSPS) is 28.4. The summed E-state index contributed by atoms with van der Waals surface area (Å²) in [6.45, 7) is 2.04. The second-order valence-corrected chi connectivity index (χ2v) is 55.7. The highest BCUT2D eigenvalue weighted by Crippen LogP contribution is 2.45. The standard InChI is InChI=1S/C78H69F3O14Si11/c1-64-52-54-65(55-53-64)60-63-99(70-36-16-4-17-37-70)86-101(72-40-20-6-21-41-72)83-97(68-32-12-2-13-33-68)84-102(73-42-22-7-23-43-73)91-103(74-44-24-8-25-45-74)87-98(69-34-14-3-15-35-69,62-61-66-56-58-67(59-57-66)78(79,80)81)85-100(82-96,71-38-18-5-19-39-71)89-105(90-101,76-48-28-10-29-49-76)95-106(93-103,77-50-30-11-31-51-77)94-104(88-99,92-102)75-46-26-9-27-47-75/h2-63,97H,1,96H3/b62-61+,63-60+/t97?,98?,99?,100?,101?,102?,103?,104?,105-,106+/m1/s1. The molecule has 10 atom stereocenters. The molecule has 0 amide bonds. The molecular formula is C78H69F3O14Si11. The van der Waals surface area contributed by atoms with Crippen LogP contribution >= 0.6 is 0 Å². The molecule has 0 saturated carbocycles. The van der Waals surface area contributed by atoms with Crippen molar-refractivity contribution in [3.63, 3.8) is 0 Å². The Balaban J connectivity index is 1.17. The third-order valence-corrected chi connectivity index (χ3v) is 60.7. The maximum absolute atomic E-state index is 14.6. The fourth-order valence-corrected chi connectivity index (χ4v) is 68.1. The van der Waals surface area contributed by atoms with E-state index in [-0.39, 0.29) is 10.5 Å². The van der Waals surface area contributed by atoms with Crippen LogP contribution in [0.4, 0.5) is 13.2 Å². The molecule has 4 fully saturated rings. The van der Waals surface area contributed by atoms with E-state index in [9.17, 15) is 13.2 Å². The first-order chi connectivity index (χ1) is 51.6. The minimum atomic E-state index is -5.63. The van der Waals surface area contributed by atoms with Gasteiger partial charge in [-0.3, -0.25) is 0 Å². The number of alkyl halides is 3. The molecule has 16 rings (SSSR count). The summed E-state index contributed by atoms with van der Waals surface area (Å²) in [7, 11) is -52.2. The van der Waals surface area contributed by atoms with Crippen molar-refractivity contribution in [2.45, 2.75) is 13.1 Å². The zero-order chi connectivity index (χ0) is 72.4. The van der Waals surface area contributed by atoms with E-state index < -0.39 is 99.8 Å². The van der Waals surface area contributed by atoms with Gasteiger partial charge in [0.25, 0.3) is 0 Å². The zero-order valence-electron chi connectivity index (χ0n) is 57.2. The van der Waals surface area contributed by atoms with Gasteiger partial charge >= 0.3 is 94.2 Å². The molecule has 0 N–H and O–H groups in total. The molecule has 4 saturated heterocycles. The molecule has 8 unspecified atom stereocenters. The van der Waals surface area contributed by atoms with Gasteiger partial charge in [-0.2, -0.15) is 13.2 Å². The number of hydrogen-bond donors (Lipinski definition) is 0. The molecule has 14 nitrogen and oxygen atoms in total. The Labute approximate surface area is 627 Å².